The summed E-state index contributed by atoms with van der Waals surface area (Å²) in [5.74, 6) is -0.772. The molecule has 3 N–H and O–H groups in total. The van der Waals surface area contributed by atoms with Crippen LogP contribution in [-0.4, -0.2) is 18.2 Å². The summed E-state index contributed by atoms with van der Waals surface area (Å²) in [6.07, 6.45) is 2.91. The van der Waals surface area contributed by atoms with Gasteiger partial charge in [0.05, 0.1) is 6.04 Å². The maximum absolute atomic E-state index is 10.2. The molecule has 0 aromatic rings. The summed E-state index contributed by atoms with van der Waals surface area (Å²) in [5.41, 5.74) is 11.7. The second kappa shape index (κ2) is 4.93. The highest BCUT2D eigenvalue weighted by Crippen LogP contribution is 1.95. The number of amides is 1. The average Bonchev–Trinajstić information content (AvgIpc) is 1.88. The first-order valence-corrected chi connectivity index (χ1v) is 3.04. The lowest BCUT2D eigenvalue weighted by Crippen LogP contribution is -2.30. The van der Waals surface area contributed by atoms with Gasteiger partial charge in [-0.2, -0.15) is 0 Å². The Hall–Kier alpha value is -0.900. The zero-order valence-electron chi connectivity index (χ0n) is 5.59. The fourth-order valence-electron chi connectivity index (χ4n) is 0.525. The summed E-state index contributed by atoms with van der Waals surface area (Å²) in [4.78, 5) is 19.8. The van der Waals surface area contributed by atoms with Gasteiger partial charge in [-0.15, -0.1) is 0 Å². The van der Waals surface area contributed by atoms with Gasteiger partial charge in [0.1, 0.15) is 0 Å². The molecule has 0 rings (SSSR count). The summed E-state index contributed by atoms with van der Waals surface area (Å²) in [7, 11) is 0. The van der Waals surface area contributed by atoms with Gasteiger partial charge in [-0.05, 0) is 12.8 Å². The number of hydrogen-bond donors (Lipinski definition) is 1. The Kier molecular flexibility index (Phi) is 4.49. The van der Waals surface area contributed by atoms with Crippen LogP contribution in [0.1, 0.15) is 19.3 Å². The molecular formula is C6H10N2O2. The lowest BCUT2D eigenvalue weighted by atomic mass is 10.1. The summed E-state index contributed by atoms with van der Waals surface area (Å²) < 4.78 is 0. The van der Waals surface area contributed by atoms with E-state index in [1.54, 1.807) is 6.29 Å². The molecule has 1 amide bonds. The molecule has 0 aromatic heterocycles. The molecule has 0 heterocycles. The van der Waals surface area contributed by atoms with Crippen LogP contribution in [-0.2, 0) is 9.59 Å². The molecule has 2 radical (unpaired) electrons. The van der Waals surface area contributed by atoms with E-state index in [9.17, 15) is 9.59 Å². The molecule has 0 bridgehead atoms. The Balaban J connectivity index is 3.30. The van der Waals surface area contributed by atoms with Gasteiger partial charge in [0.2, 0.25) is 0 Å². The molecular weight excluding hydrogens is 132 g/mol. The van der Waals surface area contributed by atoms with Gasteiger partial charge >= 0.3 is 0 Å². The average molecular weight is 142 g/mol. The van der Waals surface area contributed by atoms with Gasteiger partial charge in [-0.1, -0.05) is 0 Å². The minimum atomic E-state index is -0.772. The van der Waals surface area contributed by atoms with Crippen LogP contribution >= 0.6 is 0 Å². The van der Waals surface area contributed by atoms with E-state index in [2.05, 4.69) is 0 Å². The third-order valence-corrected chi connectivity index (χ3v) is 1.13. The molecule has 1 unspecified atom stereocenters. The van der Waals surface area contributed by atoms with Crippen molar-refractivity contribution >= 4 is 12.2 Å². The Morgan fingerprint density at radius 3 is 2.70 bits per heavy atom. The van der Waals surface area contributed by atoms with Crippen LogP contribution in [0.4, 0.5) is 0 Å². The number of carbonyl (C=O) groups is 1. The van der Waals surface area contributed by atoms with Crippen LogP contribution in [0.5, 0.6) is 0 Å². The molecule has 0 aliphatic heterocycles. The van der Waals surface area contributed by atoms with E-state index < -0.39 is 11.9 Å². The van der Waals surface area contributed by atoms with E-state index in [1.165, 1.54) is 0 Å². The van der Waals surface area contributed by atoms with Crippen LogP contribution in [0.25, 0.3) is 0 Å². The predicted molar refractivity (Wildman–Crippen MR) is 35.6 cm³/mol. The van der Waals surface area contributed by atoms with Crippen molar-refractivity contribution in [2.24, 2.45) is 5.73 Å². The molecule has 0 saturated carbocycles. The topological polar surface area (TPSA) is 84.0 Å². The summed E-state index contributed by atoms with van der Waals surface area (Å²) in [6, 6.07) is -0.728. The normalized spacial score (nSPS) is 12.5. The minimum Gasteiger partial charge on any atom is -0.320 e. The van der Waals surface area contributed by atoms with Crippen LogP contribution in [0.3, 0.4) is 0 Å². The number of carbonyl (C=O) groups excluding carboxylic acids is 2. The molecule has 0 aliphatic carbocycles. The van der Waals surface area contributed by atoms with E-state index in [-0.39, 0.29) is 0 Å². The van der Waals surface area contributed by atoms with Gasteiger partial charge in [-0.25, -0.2) is 0 Å². The molecule has 4 nitrogen and oxygen atoms in total. The largest absolute Gasteiger partial charge is 0.320 e. The van der Waals surface area contributed by atoms with Crippen molar-refractivity contribution in [1.82, 2.24) is 5.73 Å². The molecule has 56 valence electrons. The zero-order valence-corrected chi connectivity index (χ0v) is 5.59. The van der Waals surface area contributed by atoms with E-state index in [0.717, 1.165) is 0 Å². The number of nitrogens with two attached hydrogens (primary N) is 1. The van der Waals surface area contributed by atoms with Crippen LogP contribution in [0.15, 0.2) is 0 Å². The first-order chi connectivity index (χ1) is 4.68. The quantitative estimate of drug-likeness (QED) is 0.520. The smallest absolute Gasteiger partial charge is 0.255 e. The summed E-state index contributed by atoms with van der Waals surface area (Å²) >= 11 is 0. The number of unbranched alkanes of at least 4 members (excludes halogenated alkanes) is 1. The fraction of sp³-hybridized carbons (Fsp3) is 0.667. The first-order valence-electron chi connectivity index (χ1n) is 3.04. The Labute approximate surface area is 59.6 Å². The van der Waals surface area contributed by atoms with Crippen molar-refractivity contribution in [3.05, 3.63) is 0 Å². The lowest BCUT2D eigenvalue weighted by Gasteiger charge is -2.02. The van der Waals surface area contributed by atoms with Crippen LogP contribution < -0.4 is 11.5 Å². The molecule has 0 aromatic carbocycles. The first kappa shape index (κ1) is 9.10. The van der Waals surface area contributed by atoms with Gasteiger partial charge in [-0.3, -0.25) is 15.3 Å². The van der Waals surface area contributed by atoms with Crippen molar-refractivity contribution in [3.8, 4) is 0 Å². The predicted octanol–water partition coefficient (Wildman–Crippen LogP) is -0.597. The van der Waals surface area contributed by atoms with E-state index in [1.807, 2.05) is 0 Å². The number of nitrogens with one attached hydrogen (secondary N) is 1. The Bertz CT molecular complexity index is 125. The summed E-state index contributed by atoms with van der Waals surface area (Å²) in [5, 5.41) is 0. The molecule has 0 aliphatic rings. The fourth-order valence-corrected chi connectivity index (χ4v) is 0.525. The Morgan fingerprint density at radius 1 is 1.70 bits per heavy atom. The maximum atomic E-state index is 10.2. The van der Waals surface area contributed by atoms with Crippen LogP contribution in [0, 0.1) is 0 Å². The standard InChI is InChI=1S/C6H10N2O2/c7-5(6(8)10)3-1-2-4-9/h5,8H,1-3,7H2. The monoisotopic (exact) mass is 142 g/mol. The molecule has 0 saturated heterocycles. The summed E-state index contributed by atoms with van der Waals surface area (Å²) in [6.45, 7) is 0. The van der Waals surface area contributed by atoms with Gasteiger partial charge in [0.25, 0.3) is 5.91 Å². The lowest BCUT2D eigenvalue weighted by molar-refractivity contribution is -0.120. The Morgan fingerprint density at radius 2 is 2.30 bits per heavy atom. The van der Waals surface area contributed by atoms with Crippen molar-refractivity contribution in [1.29, 1.82) is 0 Å². The highest BCUT2D eigenvalue weighted by atomic mass is 16.1. The van der Waals surface area contributed by atoms with E-state index in [4.69, 9.17) is 11.5 Å². The van der Waals surface area contributed by atoms with E-state index >= 15 is 0 Å². The molecule has 0 fully saturated rings. The second-order valence-electron chi connectivity index (χ2n) is 2.01. The van der Waals surface area contributed by atoms with Crippen molar-refractivity contribution < 1.29 is 9.59 Å². The van der Waals surface area contributed by atoms with Crippen molar-refractivity contribution in [2.75, 3.05) is 0 Å². The molecule has 4 heteroatoms. The minimum absolute atomic E-state index is 0.293. The second-order valence-corrected chi connectivity index (χ2v) is 2.01. The highest BCUT2D eigenvalue weighted by molar-refractivity contribution is 5.78. The maximum Gasteiger partial charge on any atom is 0.255 e. The SMILES string of the molecule is [NH]C(=O)C(N)CCC[C]=O. The molecule has 0 spiro atoms. The number of rotatable bonds is 5. The highest BCUT2D eigenvalue weighted by Gasteiger charge is 2.08. The van der Waals surface area contributed by atoms with Gasteiger partial charge in [0, 0.05) is 6.42 Å². The van der Waals surface area contributed by atoms with Gasteiger partial charge < -0.3 is 5.73 Å². The van der Waals surface area contributed by atoms with Crippen molar-refractivity contribution in [3.63, 3.8) is 0 Å². The molecule has 10 heavy (non-hydrogen) atoms. The number of hydrogen-bond acceptors (Lipinski definition) is 3. The molecule has 1 atom stereocenters. The third-order valence-electron chi connectivity index (χ3n) is 1.13. The van der Waals surface area contributed by atoms with Crippen LogP contribution in [0.2, 0.25) is 0 Å². The van der Waals surface area contributed by atoms with Gasteiger partial charge in [0.15, 0.2) is 6.29 Å². The zero-order chi connectivity index (χ0) is 7.98. The van der Waals surface area contributed by atoms with E-state index in [0.29, 0.717) is 19.3 Å². The van der Waals surface area contributed by atoms with Crippen molar-refractivity contribution in [2.45, 2.75) is 25.3 Å². The third kappa shape index (κ3) is 4.03.